The van der Waals surface area contributed by atoms with Gasteiger partial charge in [-0.1, -0.05) is 0 Å². The summed E-state index contributed by atoms with van der Waals surface area (Å²) in [7, 11) is 1.78. The smallest absolute Gasteiger partial charge is 0.277 e. The summed E-state index contributed by atoms with van der Waals surface area (Å²) in [5.74, 6) is 0.0496. The minimum atomic E-state index is -0.472. The summed E-state index contributed by atoms with van der Waals surface area (Å²) in [4.78, 5) is 20.6. The fourth-order valence-electron chi connectivity index (χ4n) is 2.09. The van der Waals surface area contributed by atoms with Crippen LogP contribution in [0.2, 0.25) is 0 Å². The average molecular weight is 326 g/mol. The number of rotatable bonds is 4. The van der Waals surface area contributed by atoms with Gasteiger partial charge >= 0.3 is 0 Å². The summed E-state index contributed by atoms with van der Waals surface area (Å²) in [5.41, 5.74) is 1.44. The van der Waals surface area contributed by atoms with Crippen molar-refractivity contribution >= 4 is 23.2 Å². The second-order valence-corrected chi connectivity index (χ2v) is 5.13. The summed E-state index contributed by atoms with van der Waals surface area (Å²) in [6, 6.07) is 7.95. The van der Waals surface area contributed by atoms with Crippen LogP contribution in [0.3, 0.4) is 0 Å². The van der Waals surface area contributed by atoms with Crippen LogP contribution >= 0.6 is 0 Å². The van der Waals surface area contributed by atoms with Gasteiger partial charge in [0.15, 0.2) is 5.69 Å². The molecule has 0 radical (unpaired) electrons. The lowest BCUT2D eigenvalue weighted by atomic mass is 10.2. The van der Waals surface area contributed by atoms with Crippen LogP contribution in [0.15, 0.2) is 42.7 Å². The molecule has 122 valence electrons. The number of hydrogen-bond donors (Lipinski definition) is 2. The molecule has 3 aromatic heterocycles. The van der Waals surface area contributed by atoms with E-state index in [9.17, 15) is 9.18 Å². The highest BCUT2D eigenvalue weighted by molar-refractivity contribution is 6.06. The first-order valence-corrected chi connectivity index (χ1v) is 7.18. The number of amides is 1. The predicted octanol–water partition coefficient (Wildman–Crippen LogP) is 2.65. The first-order chi connectivity index (χ1) is 11.5. The van der Waals surface area contributed by atoms with Crippen molar-refractivity contribution in [2.24, 2.45) is 7.05 Å². The zero-order valence-electron chi connectivity index (χ0n) is 13.1. The topological polar surface area (TPSA) is 84.7 Å². The van der Waals surface area contributed by atoms with E-state index in [4.69, 9.17) is 0 Å². The molecule has 0 bridgehead atoms. The van der Waals surface area contributed by atoms with Crippen molar-refractivity contribution in [2.75, 3.05) is 10.6 Å². The monoisotopic (exact) mass is 326 g/mol. The summed E-state index contributed by atoms with van der Waals surface area (Å²) in [5, 5.41) is 9.79. The van der Waals surface area contributed by atoms with Crippen molar-refractivity contribution in [3.63, 3.8) is 0 Å². The van der Waals surface area contributed by atoms with Crippen LogP contribution in [-0.2, 0) is 7.05 Å². The first-order valence-electron chi connectivity index (χ1n) is 7.18. The lowest BCUT2D eigenvalue weighted by Crippen LogP contribution is -2.17. The summed E-state index contributed by atoms with van der Waals surface area (Å²) >= 11 is 0. The summed E-state index contributed by atoms with van der Waals surface area (Å²) < 4.78 is 14.5. The summed E-state index contributed by atoms with van der Waals surface area (Å²) in [6.07, 6.45) is 2.68. The van der Waals surface area contributed by atoms with Gasteiger partial charge < -0.3 is 10.6 Å². The lowest BCUT2D eigenvalue weighted by Gasteiger charge is -2.12. The zero-order chi connectivity index (χ0) is 17.1. The fourth-order valence-corrected chi connectivity index (χ4v) is 2.09. The average Bonchev–Trinajstić information content (AvgIpc) is 2.96. The molecule has 0 saturated carbocycles. The number of anilines is 3. The van der Waals surface area contributed by atoms with Crippen LogP contribution in [0.4, 0.5) is 21.7 Å². The Bertz CT molecular complexity index is 875. The number of aromatic nitrogens is 4. The Balaban J connectivity index is 1.88. The molecule has 0 aliphatic heterocycles. The Morgan fingerprint density at radius 3 is 2.71 bits per heavy atom. The molecule has 0 aliphatic carbocycles. The van der Waals surface area contributed by atoms with Crippen LogP contribution in [-0.4, -0.2) is 25.7 Å². The minimum absolute atomic E-state index is 0.210. The van der Waals surface area contributed by atoms with Crippen molar-refractivity contribution in [1.82, 2.24) is 19.7 Å². The number of nitrogens with zero attached hydrogens (tertiary/aromatic N) is 4. The molecule has 0 atom stereocenters. The number of nitrogens with one attached hydrogen (secondary N) is 2. The first kappa shape index (κ1) is 15.6. The second kappa shape index (κ2) is 6.45. The van der Waals surface area contributed by atoms with Gasteiger partial charge in [-0.3, -0.25) is 9.48 Å². The van der Waals surface area contributed by atoms with Crippen molar-refractivity contribution < 1.29 is 9.18 Å². The van der Waals surface area contributed by atoms with Gasteiger partial charge in [0.05, 0.1) is 18.1 Å². The predicted molar refractivity (Wildman–Crippen MR) is 87.6 cm³/mol. The van der Waals surface area contributed by atoms with Crippen LogP contribution in [0, 0.1) is 12.7 Å². The molecule has 24 heavy (non-hydrogen) atoms. The van der Waals surface area contributed by atoms with Gasteiger partial charge in [-0.2, -0.15) is 5.10 Å². The van der Waals surface area contributed by atoms with E-state index in [2.05, 4.69) is 25.7 Å². The van der Waals surface area contributed by atoms with E-state index < -0.39 is 11.7 Å². The molecule has 1 amide bonds. The van der Waals surface area contributed by atoms with Gasteiger partial charge in [0.1, 0.15) is 17.5 Å². The third kappa shape index (κ3) is 3.37. The maximum Gasteiger partial charge on any atom is 0.277 e. The van der Waals surface area contributed by atoms with Crippen LogP contribution in [0.5, 0.6) is 0 Å². The Labute approximate surface area is 137 Å². The van der Waals surface area contributed by atoms with Crippen LogP contribution < -0.4 is 10.6 Å². The SMILES string of the molecule is Cc1ccc(Nc2ccnn2C)c(C(=O)Nc2ccc(F)cn2)n1. The van der Waals surface area contributed by atoms with E-state index in [0.29, 0.717) is 11.4 Å². The molecule has 8 heteroatoms. The molecule has 0 fully saturated rings. The van der Waals surface area contributed by atoms with E-state index in [-0.39, 0.29) is 11.5 Å². The van der Waals surface area contributed by atoms with Gasteiger partial charge in [0.25, 0.3) is 5.91 Å². The highest BCUT2D eigenvalue weighted by Crippen LogP contribution is 2.20. The summed E-state index contributed by atoms with van der Waals surface area (Å²) in [6.45, 7) is 1.79. The molecule has 0 unspecified atom stereocenters. The molecule has 3 rings (SSSR count). The molecule has 0 aliphatic rings. The highest BCUT2D eigenvalue weighted by Gasteiger charge is 2.15. The molecular weight excluding hydrogens is 311 g/mol. The number of carbonyl (C=O) groups excluding carboxylic acids is 1. The Kier molecular flexibility index (Phi) is 4.19. The highest BCUT2D eigenvalue weighted by atomic mass is 19.1. The minimum Gasteiger partial charge on any atom is -0.339 e. The third-order valence-corrected chi connectivity index (χ3v) is 3.30. The lowest BCUT2D eigenvalue weighted by molar-refractivity contribution is 0.102. The van der Waals surface area contributed by atoms with Crippen molar-refractivity contribution in [3.8, 4) is 0 Å². The number of halogens is 1. The molecule has 3 heterocycles. The van der Waals surface area contributed by atoms with Gasteiger partial charge in [-0.05, 0) is 31.2 Å². The Hall–Kier alpha value is -3.29. The van der Waals surface area contributed by atoms with E-state index in [0.717, 1.165) is 12.0 Å². The van der Waals surface area contributed by atoms with E-state index in [1.165, 1.54) is 12.1 Å². The second-order valence-electron chi connectivity index (χ2n) is 5.13. The largest absolute Gasteiger partial charge is 0.339 e. The van der Waals surface area contributed by atoms with Gasteiger partial charge in [-0.15, -0.1) is 0 Å². The molecule has 0 spiro atoms. The third-order valence-electron chi connectivity index (χ3n) is 3.30. The number of aryl methyl sites for hydroxylation is 2. The number of pyridine rings is 2. The number of carbonyl (C=O) groups is 1. The molecule has 7 nitrogen and oxygen atoms in total. The normalized spacial score (nSPS) is 10.5. The zero-order valence-corrected chi connectivity index (χ0v) is 13.1. The molecule has 0 aromatic carbocycles. The Morgan fingerprint density at radius 1 is 1.21 bits per heavy atom. The standard InChI is InChI=1S/C16H15FN6O/c1-10-3-5-12(21-14-7-8-19-23(14)2)15(20-10)16(24)22-13-6-4-11(17)9-18-13/h3-9,21H,1-2H3,(H,18,22,24). The van der Waals surface area contributed by atoms with Crippen LogP contribution in [0.1, 0.15) is 16.2 Å². The maximum atomic E-state index is 12.9. The van der Waals surface area contributed by atoms with Crippen molar-refractivity contribution in [3.05, 3.63) is 59.9 Å². The fraction of sp³-hybridized carbons (Fsp3) is 0.125. The quantitative estimate of drug-likeness (QED) is 0.770. The maximum absolute atomic E-state index is 12.9. The van der Waals surface area contributed by atoms with E-state index in [1.807, 2.05) is 0 Å². The number of hydrogen-bond acceptors (Lipinski definition) is 5. The van der Waals surface area contributed by atoms with E-state index >= 15 is 0 Å². The molecular formula is C16H15FN6O. The molecule has 0 saturated heterocycles. The van der Waals surface area contributed by atoms with Gasteiger partial charge in [0.2, 0.25) is 0 Å². The van der Waals surface area contributed by atoms with Crippen molar-refractivity contribution in [2.45, 2.75) is 6.92 Å². The van der Waals surface area contributed by atoms with E-state index in [1.54, 1.807) is 43.0 Å². The van der Waals surface area contributed by atoms with Crippen molar-refractivity contribution in [1.29, 1.82) is 0 Å². The van der Waals surface area contributed by atoms with Gasteiger partial charge in [0, 0.05) is 18.8 Å². The molecule has 3 aromatic rings. The van der Waals surface area contributed by atoms with Gasteiger partial charge in [-0.25, -0.2) is 14.4 Å². The van der Waals surface area contributed by atoms with Crippen LogP contribution in [0.25, 0.3) is 0 Å². The Morgan fingerprint density at radius 2 is 2.04 bits per heavy atom. The molecule has 2 N–H and O–H groups in total.